The Morgan fingerprint density at radius 2 is 1.69 bits per heavy atom. The van der Waals surface area contributed by atoms with E-state index in [1.54, 1.807) is 30.3 Å². The lowest BCUT2D eigenvalue weighted by Crippen LogP contribution is -2.34. The van der Waals surface area contributed by atoms with E-state index in [-0.39, 0.29) is 6.61 Å². The maximum atomic E-state index is 11.8. The summed E-state index contributed by atoms with van der Waals surface area (Å²) in [5.41, 5.74) is 2.92. The average molecular weight is 353 g/mol. The van der Waals surface area contributed by atoms with Crippen molar-refractivity contribution in [1.82, 2.24) is 5.32 Å². The van der Waals surface area contributed by atoms with E-state index in [4.69, 9.17) is 9.47 Å². The zero-order valence-electron chi connectivity index (χ0n) is 14.2. The number of imide groups is 1. The Hall–Kier alpha value is -3.15. The van der Waals surface area contributed by atoms with Crippen LogP contribution in [0.5, 0.6) is 5.75 Å². The number of esters is 1. The molecule has 2 aromatic rings. The number of amides is 2. The van der Waals surface area contributed by atoms with Crippen molar-refractivity contribution in [3.05, 3.63) is 65.2 Å². The van der Waals surface area contributed by atoms with E-state index in [0.717, 1.165) is 19.3 Å². The van der Waals surface area contributed by atoms with Gasteiger partial charge in [0.05, 0.1) is 0 Å². The van der Waals surface area contributed by atoms with Crippen LogP contribution in [-0.4, -0.2) is 31.0 Å². The molecule has 0 aromatic heterocycles. The van der Waals surface area contributed by atoms with E-state index in [1.165, 1.54) is 11.1 Å². The van der Waals surface area contributed by atoms with E-state index in [1.807, 2.05) is 18.2 Å². The van der Waals surface area contributed by atoms with Crippen molar-refractivity contribution in [2.45, 2.75) is 19.3 Å². The van der Waals surface area contributed by atoms with Gasteiger partial charge in [-0.1, -0.05) is 24.3 Å². The van der Waals surface area contributed by atoms with E-state index in [9.17, 15) is 14.4 Å². The quantitative estimate of drug-likeness (QED) is 0.804. The fourth-order valence-corrected chi connectivity index (χ4v) is 2.79. The van der Waals surface area contributed by atoms with Crippen molar-refractivity contribution in [2.75, 3.05) is 13.2 Å². The Balaban J connectivity index is 1.40. The van der Waals surface area contributed by atoms with Gasteiger partial charge in [0, 0.05) is 5.56 Å². The highest BCUT2D eigenvalue weighted by Gasteiger charge is 2.14. The van der Waals surface area contributed by atoms with Crippen molar-refractivity contribution in [1.29, 1.82) is 0 Å². The zero-order chi connectivity index (χ0) is 18.4. The lowest BCUT2D eigenvalue weighted by molar-refractivity contribution is -0.150. The van der Waals surface area contributed by atoms with Crippen LogP contribution in [0, 0.1) is 0 Å². The van der Waals surface area contributed by atoms with Crippen LogP contribution in [0.2, 0.25) is 0 Å². The smallest absolute Gasteiger partial charge is 0.344 e. The van der Waals surface area contributed by atoms with Gasteiger partial charge in [0.25, 0.3) is 11.8 Å². The third-order valence-corrected chi connectivity index (χ3v) is 4.08. The molecule has 1 aliphatic rings. The number of nitrogens with one attached hydrogen (secondary N) is 1. The third-order valence-electron chi connectivity index (χ3n) is 4.08. The van der Waals surface area contributed by atoms with Gasteiger partial charge in [0.1, 0.15) is 5.75 Å². The summed E-state index contributed by atoms with van der Waals surface area (Å²) in [6, 6.07) is 14.1. The highest BCUT2D eigenvalue weighted by atomic mass is 16.6. The minimum absolute atomic E-state index is 0.293. The molecule has 0 heterocycles. The van der Waals surface area contributed by atoms with Gasteiger partial charge < -0.3 is 9.47 Å². The van der Waals surface area contributed by atoms with Crippen molar-refractivity contribution < 1.29 is 23.9 Å². The third kappa shape index (κ3) is 4.69. The maximum Gasteiger partial charge on any atom is 0.344 e. The molecule has 1 N–H and O–H groups in total. The van der Waals surface area contributed by atoms with Crippen LogP contribution >= 0.6 is 0 Å². The number of carbonyl (C=O) groups is 3. The molecule has 0 spiro atoms. The summed E-state index contributed by atoms with van der Waals surface area (Å²) < 4.78 is 10.2. The molecule has 0 fully saturated rings. The summed E-state index contributed by atoms with van der Waals surface area (Å²) in [6.45, 7) is -0.830. The van der Waals surface area contributed by atoms with E-state index in [0.29, 0.717) is 11.3 Å². The second-order valence-corrected chi connectivity index (χ2v) is 5.98. The van der Waals surface area contributed by atoms with Gasteiger partial charge >= 0.3 is 5.97 Å². The molecular weight excluding hydrogens is 334 g/mol. The average Bonchev–Trinajstić information content (AvgIpc) is 3.13. The number of rotatable bonds is 6. The molecule has 0 atom stereocenters. The molecule has 26 heavy (non-hydrogen) atoms. The first-order valence-corrected chi connectivity index (χ1v) is 8.41. The summed E-state index contributed by atoms with van der Waals surface area (Å²) in [4.78, 5) is 35.2. The first-order chi connectivity index (χ1) is 12.6. The Morgan fingerprint density at radius 3 is 2.50 bits per heavy atom. The van der Waals surface area contributed by atoms with Crippen LogP contribution in [0.25, 0.3) is 0 Å². The van der Waals surface area contributed by atoms with Crippen LogP contribution in [0.15, 0.2) is 48.5 Å². The van der Waals surface area contributed by atoms with Crippen LogP contribution in [-0.2, 0) is 27.2 Å². The summed E-state index contributed by atoms with van der Waals surface area (Å²) in [5, 5.41) is 2.16. The number of benzene rings is 2. The van der Waals surface area contributed by atoms with Gasteiger partial charge in [-0.3, -0.25) is 14.9 Å². The maximum absolute atomic E-state index is 11.8. The van der Waals surface area contributed by atoms with Crippen molar-refractivity contribution in [3.63, 3.8) is 0 Å². The molecule has 3 rings (SSSR count). The molecule has 134 valence electrons. The van der Waals surface area contributed by atoms with Crippen molar-refractivity contribution >= 4 is 17.8 Å². The topological polar surface area (TPSA) is 81.7 Å². The van der Waals surface area contributed by atoms with Gasteiger partial charge in [-0.25, -0.2) is 4.79 Å². The number of ether oxygens (including phenoxy) is 2. The molecular formula is C20H19NO5. The van der Waals surface area contributed by atoms with E-state index in [2.05, 4.69) is 5.32 Å². The molecule has 1 aliphatic carbocycles. The fourth-order valence-electron chi connectivity index (χ4n) is 2.79. The Bertz CT molecular complexity index is 816. The molecule has 0 unspecified atom stereocenters. The highest BCUT2D eigenvalue weighted by molar-refractivity contribution is 6.05. The highest BCUT2D eigenvalue weighted by Crippen LogP contribution is 2.25. The fraction of sp³-hybridized carbons (Fsp3) is 0.250. The minimum Gasteiger partial charge on any atom is -0.482 e. The van der Waals surface area contributed by atoms with E-state index < -0.39 is 24.4 Å². The Kier molecular flexibility index (Phi) is 5.63. The van der Waals surface area contributed by atoms with Crippen molar-refractivity contribution in [2.24, 2.45) is 0 Å². The lowest BCUT2D eigenvalue weighted by Gasteiger charge is -2.08. The molecule has 2 aromatic carbocycles. The summed E-state index contributed by atoms with van der Waals surface area (Å²) in [6.07, 6.45) is 3.23. The van der Waals surface area contributed by atoms with Gasteiger partial charge in [0.15, 0.2) is 13.2 Å². The molecule has 2 amide bonds. The number of hydrogen-bond donors (Lipinski definition) is 1. The Morgan fingerprint density at radius 1 is 0.923 bits per heavy atom. The summed E-state index contributed by atoms with van der Waals surface area (Å²) in [7, 11) is 0. The number of fused-ring (bicyclic) bond motifs is 1. The standard InChI is InChI=1S/C20H19NO5/c22-18(21-20(24)15-5-2-1-3-6-15)12-26-19(23)13-25-17-10-9-14-7-4-8-16(14)11-17/h1-3,5-6,9-11H,4,7-8,12-13H2,(H,21,22,24). The number of hydrogen-bond acceptors (Lipinski definition) is 5. The zero-order valence-corrected chi connectivity index (χ0v) is 14.2. The molecule has 0 radical (unpaired) electrons. The number of carbonyl (C=O) groups excluding carboxylic acids is 3. The van der Waals surface area contributed by atoms with Gasteiger partial charge in [-0.2, -0.15) is 0 Å². The predicted molar refractivity (Wildman–Crippen MR) is 93.8 cm³/mol. The van der Waals surface area contributed by atoms with Crippen LogP contribution in [0.3, 0.4) is 0 Å². The molecule has 0 saturated heterocycles. The van der Waals surface area contributed by atoms with Gasteiger partial charge in [-0.15, -0.1) is 0 Å². The minimum atomic E-state index is -0.690. The molecule has 6 heteroatoms. The monoisotopic (exact) mass is 353 g/mol. The molecule has 0 bridgehead atoms. The number of aryl methyl sites for hydroxylation is 2. The normalized spacial score (nSPS) is 12.2. The summed E-state index contributed by atoms with van der Waals surface area (Å²) >= 11 is 0. The second kappa shape index (κ2) is 8.29. The van der Waals surface area contributed by atoms with Gasteiger partial charge in [0.2, 0.25) is 0 Å². The SMILES string of the molecule is O=C(COC(=O)COc1ccc2c(c1)CCC2)NC(=O)c1ccccc1. The second-order valence-electron chi connectivity index (χ2n) is 5.98. The van der Waals surface area contributed by atoms with Crippen LogP contribution in [0.1, 0.15) is 27.9 Å². The van der Waals surface area contributed by atoms with Gasteiger partial charge in [-0.05, 0) is 54.7 Å². The molecule has 6 nitrogen and oxygen atoms in total. The largest absolute Gasteiger partial charge is 0.482 e. The summed E-state index contributed by atoms with van der Waals surface area (Å²) in [5.74, 6) is -1.30. The Labute approximate surface area is 151 Å². The van der Waals surface area contributed by atoms with Crippen LogP contribution < -0.4 is 10.1 Å². The molecule has 0 saturated carbocycles. The first-order valence-electron chi connectivity index (χ1n) is 8.41. The first kappa shape index (κ1) is 17.7. The van der Waals surface area contributed by atoms with Crippen LogP contribution in [0.4, 0.5) is 0 Å². The predicted octanol–water partition coefficient (Wildman–Crippen LogP) is 2.05. The lowest BCUT2D eigenvalue weighted by atomic mass is 10.1. The van der Waals surface area contributed by atoms with Crippen molar-refractivity contribution in [3.8, 4) is 5.75 Å². The molecule has 0 aliphatic heterocycles. The van der Waals surface area contributed by atoms with E-state index >= 15 is 0 Å².